The molecular weight excluding hydrogens is 367 g/mol. The lowest BCUT2D eigenvalue weighted by Crippen LogP contribution is -2.67. The number of likely N-dealkylation sites (N-methyl/N-ethyl adjacent to an activating group) is 1. The van der Waals surface area contributed by atoms with Crippen LogP contribution in [0.2, 0.25) is 0 Å². The first-order chi connectivity index (χ1) is 11.8. The van der Waals surface area contributed by atoms with Crippen LogP contribution in [0.25, 0.3) is 0 Å². The molecule has 0 unspecified atom stereocenters. The number of amides is 2. The van der Waals surface area contributed by atoms with E-state index in [1.54, 1.807) is 24.3 Å². The van der Waals surface area contributed by atoms with E-state index in [2.05, 4.69) is 0 Å². The summed E-state index contributed by atoms with van der Waals surface area (Å²) in [6.07, 6.45) is 0.912. The number of hydrogen-bond acceptors (Lipinski definition) is 4. The zero-order chi connectivity index (χ0) is 18.0. The van der Waals surface area contributed by atoms with Crippen LogP contribution in [0.3, 0.4) is 0 Å². The molecule has 2 fully saturated rings. The van der Waals surface area contributed by atoms with Gasteiger partial charge in [0.2, 0.25) is 11.6 Å². The van der Waals surface area contributed by atoms with Gasteiger partial charge in [0.05, 0.1) is 17.9 Å². The van der Waals surface area contributed by atoms with Crippen LogP contribution in [0.1, 0.15) is 29.6 Å². The van der Waals surface area contributed by atoms with Crippen LogP contribution >= 0.6 is 23.2 Å². The Morgan fingerprint density at radius 3 is 2.68 bits per heavy atom. The van der Waals surface area contributed by atoms with Crippen LogP contribution < -0.4 is 4.90 Å². The summed E-state index contributed by atoms with van der Waals surface area (Å²) in [6, 6.07) is 6.78. The Morgan fingerprint density at radius 1 is 1.32 bits per heavy atom. The number of nitrogens with zero attached hydrogens (tertiary/aromatic N) is 2. The van der Waals surface area contributed by atoms with Crippen LogP contribution in [-0.2, 0) is 14.3 Å². The number of para-hydroxylation sites is 1. The van der Waals surface area contributed by atoms with Crippen molar-refractivity contribution in [3.63, 3.8) is 0 Å². The third-order valence-corrected chi connectivity index (χ3v) is 6.17. The minimum Gasteiger partial charge on any atom is -0.462 e. The van der Waals surface area contributed by atoms with Crippen molar-refractivity contribution in [2.75, 3.05) is 18.6 Å². The average molecular weight is 383 g/mol. The van der Waals surface area contributed by atoms with E-state index in [-0.39, 0.29) is 37.2 Å². The quantitative estimate of drug-likeness (QED) is 0.594. The number of benzene rings is 1. The lowest BCUT2D eigenvalue weighted by Gasteiger charge is -2.46. The maximum absolute atomic E-state index is 13.0. The number of anilines is 1. The van der Waals surface area contributed by atoms with E-state index >= 15 is 0 Å². The Bertz CT molecular complexity index is 797. The van der Waals surface area contributed by atoms with Gasteiger partial charge in [0, 0.05) is 25.8 Å². The zero-order valence-corrected chi connectivity index (χ0v) is 15.0. The van der Waals surface area contributed by atoms with Crippen LogP contribution in [0.5, 0.6) is 0 Å². The van der Waals surface area contributed by atoms with Crippen LogP contribution in [0.15, 0.2) is 24.3 Å². The highest BCUT2D eigenvalue weighted by Crippen LogP contribution is 2.53. The molecule has 0 bridgehead atoms. The average Bonchev–Trinajstić information content (AvgIpc) is 3.04. The monoisotopic (exact) mass is 382 g/mol. The van der Waals surface area contributed by atoms with Crippen LogP contribution in [0.4, 0.5) is 5.69 Å². The van der Waals surface area contributed by atoms with Crippen molar-refractivity contribution in [3.8, 4) is 0 Å². The zero-order valence-electron chi connectivity index (χ0n) is 13.5. The Labute approximate surface area is 154 Å². The number of ether oxygens (including phenoxy) is 1. The second-order valence-electron chi connectivity index (χ2n) is 6.69. The number of alkyl halides is 2. The first-order valence-electron chi connectivity index (χ1n) is 8.04. The number of esters is 1. The lowest BCUT2D eigenvalue weighted by molar-refractivity contribution is -0.157. The Morgan fingerprint density at radius 2 is 2.00 bits per heavy atom. The largest absolute Gasteiger partial charge is 0.462 e. The Hall–Kier alpha value is -1.79. The topological polar surface area (TPSA) is 66.9 Å². The second-order valence-corrected chi connectivity index (χ2v) is 8.23. The summed E-state index contributed by atoms with van der Waals surface area (Å²) in [5.74, 6) is -1.27. The lowest BCUT2D eigenvalue weighted by atomic mass is 9.97. The Balaban J connectivity index is 1.70. The van der Waals surface area contributed by atoms with E-state index in [1.807, 2.05) is 0 Å². The molecule has 0 spiro atoms. The number of carbonyl (C=O) groups is 3. The summed E-state index contributed by atoms with van der Waals surface area (Å²) < 4.78 is 4.58. The molecule has 132 valence electrons. The molecule has 1 saturated heterocycles. The fraction of sp³-hybridized carbons (Fsp3) is 0.471. The normalized spacial score (nSPS) is 29.3. The van der Waals surface area contributed by atoms with Gasteiger partial charge in [-0.25, -0.2) is 4.79 Å². The molecule has 1 aromatic carbocycles. The molecule has 2 atom stereocenters. The fourth-order valence-corrected chi connectivity index (χ4v) is 4.13. The van der Waals surface area contributed by atoms with Gasteiger partial charge in [-0.15, -0.1) is 23.2 Å². The van der Waals surface area contributed by atoms with Gasteiger partial charge in [-0.1, -0.05) is 12.1 Å². The molecule has 6 nitrogen and oxygen atoms in total. The summed E-state index contributed by atoms with van der Waals surface area (Å²) in [5, 5.41) is 0. The molecule has 1 saturated carbocycles. The first kappa shape index (κ1) is 16.7. The molecule has 0 aromatic heterocycles. The van der Waals surface area contributed by atoms with E-state index in [9.17, 15) is 14.4 Å². The summed E-state index contributed by atoms with van der Waals surface area (Å²) in [7, 11) is 1.52. The van der Waals surface area contributed by atoms with Crippen molar-refractivity contribution < 1.29 is 19.1 Å². The van der Waals surface area contributed by atoms with Crippen molar-refractivity contribution in [1.29, 1.82) is 0 Å². The smallest absolute Gasteiger partial charge is 0.353 e. The highest BCUT2D eigenvalue weighted by atomic mass is 35.5. The molecular formula is C17H16Cl2N2O4. The van der Waals surface area contributed by atoms with Crippen molar-refractivity contribution >= 4 is 46.7 Å². The minimum atomic E-state index is -1.45. The molecule has 25 heavy (non-hydrogen) atoms. The van der Waals surface area contributed by atoms with Gasteiger partial charge in [-0.05, 0) is 18.6 Å². The summed E-state index contributed by atoms with van der Waals surface area (Å²) in [5.41, 5.74) is -0.606. The maximum atomic E-state index is 13.0. The molecule has 0 N–H and O–H groups in total. The van der Waals surface area contributed by atoms with E-state index in [1.165, 1.54) is 16.8 Å². The molecule has 4 rings (SSSR count). The number of hydrogen-bond donors (Lipinski definition) is 0. The van der Waals surface area contributed by atoms with E-state index in [4.69, 9.17) is 27.9 Å². The molecule has 2 heterocycles. The fourth-order valence-electron chi connectivity index (χ4n) is 3.63. The van der Waals surface area contributed by atoms with Crippen molar-refractivity contribution in [3.05, 3.63) is 29.8 Å². The second kappa shape index (κ2) is 5.35. The predicted molar refractivity (Wildman–Crippen MR) is 91.5 cm³/mol. The third-order valence-electron chi connectivity index (χ3n) is 5.24. The summed E-state index contributed by atoms with van der Waals surface area (Å²) >= 11 is 11.9. The standard InChI is InChI=1S/C17H16Cl2N2O4/c1-20-14(23)11-4-2-3-5-12(11)21-13(22)6-7-17(20,21)15(24)25-9-10-8-16(10,18)19/h2-5,10H,6-9H2,1H3/t10-,17-/m1/s1. The predicted octanol–water partition coefficient (Wildman–Crippen LogP) is 2.33. The highest BCUT2D eigenvalue weighted by Gasteiger charge is 2.61. The van der Waals surface area contributed by atoms with Gasteiger partial charge in [0.15, 0.2) is 0 Å². The van der Waals surface area contributed by atoms with Gasteiger partial charge < -0.3 is 9.64 Å². The van der Waals surface area contributed by atoms with Gasteiger partial charge >= 0.3 is 5.97 Å². The minimum absolute atomic E-state index is 0.0687. The van der Waals surface area contributed by atoms with Crippen molar-refractivity contribution in [2.24, 2.45) is 5.92 Å². The molecule has 1 aliphatic carbocycles. The van der Waals surface area contributed by atoms with E-state index in [0.29, 0.717) is 17.7 Å². The number of carbonyl (C=O) groups excluding carboxylic acids is 3. The van der Waals surface area contributed by atoms with Crippen molar-refractivity contribution in [2.45, 2.75) is 29.3 Å². The molecule has 8 heteroatoms. The highest BCUT2D eigenvalue weighted by molar-refractivity contribution is 6.50. The van der Waals surface area contributed by atoms with E-state index in [0.717, 1.165) is 0 Å². The van der Waals surface area contributed by atoms with Crippen LogP contribution in [-0.4, -0.2) is 46.3 Å². The molecule has 2 aliphatic heterocycles. The van der Waals surface area contributed by atoms with Crippen LogP contribution in [0, 0.1) is 5.92 Å². The van der Waals surface area contributed by atoms with E-state index < -0.39 is 16.0 Å². The SMILES string of the molecule is CN1C(=O)c2ccccc2N2C(=O)CC[C@@]12C(=O)OC[C@H]1CC1(Cl)Cl. The Kier molecular flexibility index (Phi) is 3.57. The van der Waals surface area contributed by atoms with Gasteiger partial charge in [0.25, 0.3) is 5.91 Å². The summed E-state index contributed by atoms with van der Waals surface area (Å²) in [6.45, 7) is 0.0687. The first-order valence-corrected chi connectivity index (χ1v) is 8.80. The number of halogens is 2. The van der Waals surface area contributed by atoms with Crippen molar-refractivity contribution in [1.82, 2.24) is 4.90 Å². The van der Waals surface area contributed by atoms with Gasteiger partial charge in [-0.3, -0.25) is 14.5 Å². The maximum Gasteiger partial charge on any atom is 0.353 e. The van der Waals surface area contributed by atoms with Gasteiger partial charge in [-0.2, -0.15) is 0 Å². The number of fused-ring (bicyclic) bond motifs is 3. The molecule has 3 aliphatic rings. The molecule has 0 radical (unpaired) electrons. The van der Waals surface area contributed by atoms with Gasteiger partial charge in [0.1, 0.15) is 4.33 Å². The summed E-state index contributed by atoms with van der Waals surface area (Å²) in [4.78, 5) is 41.0. The molecule has 2 amide bonds. The number of rotatable bonds is 3. The molecule has 1 aromatic rings. The third kappa shape index (κ3) is 2.27.